The second-order valence-corrected chi connectivity index (χ2v) is 5.62. The molecular formula is C15H23N3O. The third kappa shape index (κ3) is 3.26. The Kier molecular flexibility index (Phi) is 4.10. The first kappa shape index (κ1) is 13.9. The summed E-state index contributed by atoms with van der Waals surface area (Å²) in [6.07, 6.45) is 2.74. The summed E-state index contributed by atoms with van der Waals surface area (Å²) in [6.45, 7) is 5.32. The highest BCUT2D eigenvalue weighted by Gasteiger charge is 2.30. The van der Waals surface area contributed by atoms with Crippen molar-refractivity contribution >= 4 is 5.84 Å². The van der Waals surface area contributed by atoms with Crippen LogP contribution in [0.5, 0.6) is 0 Å². The largest absolute Gasteiger partial charge is 0.409 e. The van der Waals surface area contributed by atoms with Gasteiger partial charge in [0.05, 0.1) is 0 Å². The van der Waals surface area contributed by atoms with Crippen LogP contribution >= 0.6 is 0 Å². The molecule has 1 aliphatic rings. The van der Waals surface area contributed by atoms with E-state index in [0.29, 0.717) is 6.04 Å². The van der Waals surface area contributed by atoms with Gasteiger partial charge < -0.3 is 10.9 Å². The minimum absolute atomic E-state index is 0.161. The fraction of sp³-hybridized carbons (Fsp3) is 0.533. The lowest BCUT2D eigenvalue weighted by Crippen LogP contribution is -2.30. The number of nitrogens with two attached hydrogens (primary N) is 1. The number of nitrogens with zero attached hydrogens (tertiary/aromatic N) is 2. The molecule has 0 radical (unpaired) electrons. The highest BCUT2D eigenvalue weighted by atomic mass is 16.4. The van der Waals surface area contributed by atoms with E-state index in [1.54, 1.807) is 0 Å². The summed E-state index contributed by atoms with van der Waals surface area (Å²) < 4.78 is 0. The third-order valence-electron chi connectivity index (χ3n) is 4.17. The van der Waals surface area contributed by atoms with Gasteiger partial charge in [-0.1, -0.05) is 17.3 Å². The zero-order valence-corrected chi connectivity index (χ0v) is 11.9. The van der Waals surface area contributed by atoms with E-state index in [1.165, 1.54) is 24.0 Å². The van der Waals surface area contributed by atoms with Crippen molar-refractivity contribution in [1.29, 1.82) is 0 Å². The molecule has 1 aromatic rings. The molecule has 0 heterocycles. The number of hydrogen-bond acceptors (Lipinski definition) is 3. The summed E-state index contributed by atoms with van der Waals surface area (Å²) >= 11 is 0. The Hall–Kier alpha value is -1.55. The van der Waals surface area contributed by atoms with Crippen LogP contribution in [-0.4, -0.2) is 29.0 Å². The van der Waals surface area contributed by atoms with Crippen molar-refractivity contribution in [3.63, 3.8) is 0 Å². The van der Waals surface area contributed by atoms with E-state index in [4.69, 9.17) is 10.9 Å². The van der Waals surface area contributed by atoms with Crippen molar-refractivity contribution in [2.24, 2.45) is 16.8 Å². The third-order valence-corrected chi connectivity index (χ3v) is 4.17. The molecule has 0 amide bonds. The molecule has 104 valence electrons. The second-order valence-electron chi connectivity index (χ2n) is 5.62. The molecule has 0 aliphatic heterocycles. The van der Waals surface area contributed by atoms with E-state index in [2.05, 4.69) is 37.0 Å². The first-order valence-electron chi connectivity index (χ1n) is 6.80. The number of hydrogen-bond donors (Lipinski definition) is 2. The summed E-state index contributed by atoms with van der Waals surface area (Å²) in [5, 5.41) is 11.7. The van der Waals surface area contributed by atoms with Crippen LogP contribution < -0.4 is 5.73 Å². The molecule has 1 unspecified atom stereocenters. The van der Waals surface area contributed by atoms with Gasteiger partial charge in [-0.2, -0.15) is 0 Å². The van der Waals surface area contributed by atoms with Gasteiger partial charge in [-0.15, -0.1) is 0 Å². The monoisotopic (exact) mass is 261 g/mol. The fourth-order valence-corrected chi connectivity index (χ4v) is 2.44. The average molecular weight is 261 g/mol. The van der Waals surface area contributed by atoms with E-state index in [0.717, 1.165) is 18.0 Å². The van der Waals surface area contributed by atoms with Crippen LogP contribution in [-0.2, 0) is 6.54 Å². The summed E-state index contributed by atoms with van der Waals surface area (Å²) in [5.74, 6) is 1.04. The summed E-state index contributed by atoms with van der Waals surface area (Å²) in [7, 11) is 2.18. The van der Waals surface area contributed by atoms with Gasteiger partial charge in [-0.25, -0.2) is 0 Å². The minimum Gasteiger partial charge on any atom is -0.409 e. The molecular weight excluding hydrogens is 238 g/mol. The van der Waals surface area contributed by atoms with Crippen LogP contribution in [0.1, 0.15) is 36.5 Å². The Balaban J connectivity index is 2.08. The van der Waals surface area contributed by atoms with Gasteiger partial charge in [-0.3, -0.25) is 4.90 Å². The maximum absolute atomic E-state index is 8.69. The van der Waals surface area contributed by atoms with Crippen LogP contribution in [0.25, 0.3) is 0 Å². The molecule has 0 bridgehead atoms. The molecule has 4 heteroatoms. The zero-order chi connectivity index (χ0) is 14.0. The van der Waals surface area contributed by atoms with Crippen molar-refractivity contribution in [2.45, 2.75) is 39.3 Å². The second kappa shape index (κ2) is 5.61. The van der Waals surface area contributed by atoms with Gasteiger partial charge in [0.25, 0.3) is 0 Å². The standard InChI is InChI=1S/C15H23N3O/c1-10-8-13(15(16)17-19)6-7-14(10)9-18(3)11(2)12-4-5-12/h6-8,11-12,19H,4-5,9H2,1-3H3,(H2,16,17). The molecule has 1 atom stereocenters. The minimum atomic E-state index is 0.161. The van der Waals surface area contributed by atoms with Crippen molar-refractivity contribution in [3.8, 4) is 0 Å². The van der Waals surface area contributed by atoms with Gasteiger partial charge in [-0.05, 0) is 56.8 Å². The Morgan fingerprint density at radius 3 is 2.74 bits per heavy atom. The number of aryl methyl sites for hydroxylation is 1. The quantitative estimate of drug-likeness (QED) is 0.370. The smallest absolute Gasteiger partial charge is 0.170 e. The molecule has 4 nitrogen and oxygen atoms in total. The van der Waals surface area contributed by atoms with Crippen molar-refractivity contribution in [3.05, 3.63) is 34.9 Å². The van der Waals surface area contributed by atoms with Crippen LogP contribution in [0, 0.1) is 12.8 Å². The fourth-order valence-electron chi connectivity index (χ4n) is 2.44. The van der Waals surface area contributed by atoms with E-state index in [-0.39, 0.29) is 5.84 Å². The molecule has 3 N–H and O–H groups in total. The molecule has 0 aromatic heterocycles. The van der Waals surface area contributed by atoms with E-state index in [9.17, 15) is 0 Å². The molecule has 1 saturated carbocycles. The van der Waals surface area contributed by atoms with Crippen molar-refractivity contribution in [1.82, 2.24) is 4.90 Å². The Morgan fingerprint density at radius 1 is 1.53 bits per heavy atom. The topological polar surface area (TPSA) is 61.9 Å². The van der Waals surface area contributed by atoms with Gasteiger partial charge in [0.15, 0.2) is 5.84 Å². The number of benzene rings is 1. The van der Waals surface area contributed by atoms with Gasteiger partial charge >= 0.3 is 0 Å². The van der Waals surface area contributed by atoms with Crippen LogP contribution in [0.15, 0.2) is 23.4 Å². The highest BCUT2D eigenvalue weighted by Crippen LogP contribution is 2.35. The summed E-state index contributed by atoms with van der Waals surface area (Å²) in [6, 6.07) is 6.59. The Bertz CT molecular complexity index is 480. The zero-order valence-electron chi connectivity index (χ0n) is 11.9. The molecule has 1 aromatic carbocycles. The molecule has 0 saturated heterocycles. The Labute approximate surface area is 114 Å². The molecule has 19 heavy (non-hydrogen) atoms. The summed E-state index contributed by atoms with van der Waals surface area (Å²) in [5.41, 5.74) is 8.84. The molecule has 1 aliphatic carbocycles. The maximum atomic E-state index is 8.69. The molecule has 1 fully saturated rings. The lowest BCUT2D eigenvalue weighted by Gasteiger charge is -2.25. The maximum Gasteiger partial charge on any atom is 0.170 e. The summed E-state index contributed by atoms with van der Waals surface area (Å²) in [4.78, 5) is 2.41. The van der Waals surface area contributed by atoms with Crippen molar-refractivity contribution < 1.29 is 5.21 Å². The van der Waals surface area contributed by atoms with Gasteiger partial charge in [0.1, 0.15) is 0 Å². The average Bonchev–Trinajstić information content (AvgIpc) is 3.23. The lowest BCUT2D eigenvalue weighted by molar-refractivity contribution is 0.226. The first-order chi connectivity index (χ1) is 9.02. The van der Waals surface area contributed by atoms with E-state index < -0.39 is 0 Å². The number of oxime groups is 1. The van der Waals surface area contributed by atoms with Crippen molar-refractivity contribution in [2.75, 3.05) is 7.05 Å². The SMILES string of the molecule is Cc1cc(/C(N)=N/O)ccc1CN(C)C(C)C1CC1. The van der Waals surface area contributed by atoms with Gasteiger partial charge in [0.2, 0.25) is 0 Å². The molecule has 0 spiro atoms. The van der Waals surface area contributed by atoms with E-state index in [1.807, 2.05) is 12.1 Å². The number of rotatable bonds is 5. The lowest BCUT2D eigenvalue weighted by atomic mass is 10.0. The molecule has 2 rings (SSSR count). The van der Waals surface area contributed by atoms with Gasteiger partial charge in [0, 0.05) is 18.2 Å². The predicted octanol–water partition coefficient (Wildman–Crippen LogP) is 2.32. The van der Waals surface area contributed by atoms with Crippen LogP contribution in [0.4, 0.5) is 0 Å². The number of amidine groups is 1. The Morgan fingerprint density at radius 2 is 2.21 bits per heavy atom. The predicted molar refractivity (Wildman–Crippen MR) is 77.3 cm³/mol. The highest BCUT2D eigenvalue weighted by molar-refractivity contribution is 5.97. The van der Waals surface area contributed by atoms with Crippen LogP contribution in [0.2, 0.25) is 0 Å². The van der Waals surface area contributed by atoms with Crippen LogP contribution in [0.3, 0.4) is 0 Å². The normalized spacial score (nSPS) is 17.8. The van der Waals surface area contributed by atoms with E-state index >= 15 is 0 Å². The first-order valence-corrected chi connectivity index (χ1v) is 6.80.